The fraction of sp³-hybridized carbons (Fsp3) is 0.417. The van der Waals surface area contributed by atoms with Crippen LogP contribution in [0.5, 0.6) is 0 Å². The highest BCUT2D eigenvalue weighted by atomic mass is 16.6. The van der Waals surface area contributed by atoms with E-state index in [2.05, 4.69) is 0 Å². The molecule has 1 aliphatic rings. The molecule has 0 spiro atoms. The Labute approximate surface area is 187 Å². The van der Waals surface area contributed by atoms with Crippen molar-refractivity contribution >= 4 is 11.9 Å². The van der Waals surface area contributed by atoms with Gasteiger partial charge in [-0.2, -0.15) is 0 Å². The van der Waals surface area contributed by atoms with Gasteiger partial charge in [-0.15, -0.1) is 0 Å². The van der Waals surface area contributed by atoms with Gasteiger partial charge in [0, 0.05) is 12.5 Å². The Morgan fingerprint density at radius 2 is 1.38 bits per heavy atom. The minimum atomic E-state index is -1.39. The molecule has 0 aliphatic heterocycles. The quantitative estimate of drug-likeness (QED) is 0.259. The van der Waals surface area contributed by atoms with E-state index in [4.69, 9.17) is 24.7 Å². The topological polar surface area (TPSA) is 117 Å². The molecule has 0 saturated heterocycles. The Morgan fingerprint density at radius 1 is 0.844 bits per heavy atom. The molecule has 1 atom stereocenters. The summed E-state index contributed by atoms with van der Waals surface area (Å²) in [5.41, 5.74) is 9.66. The third-order valence-corrected chi connectivity index (χ3v) is 5.23. The first-order chi connectivity index (χ1) is 15.6. The number of carbonyl (C=O) groups is 2. The van der Waals surface area contributed by atoms with E-state index in [1.54, 1.807) is 0 Å². The van der Waals surface area contributed by atoms with E-state index in [1.807, 2.05) is 48.5 Å². The zero-order valence-electron chi connectivity index (χ0n) is 17.9. The van der Waals surface area contributed by atoms with Crippen LogP contribution in [0, 0.1) is 5.92 Å². The molecule has 3 rings (SSSR count). The number of hydrogen-bond acceptors (Lipinski definition) is 7. The summed E-state index contributed by atoms with van der Waals surface area (Å²) in [4.78, 5) is 24.1. The maximum absolute atomic E-state index is 12.5. The van der Waals surface area contributed by atoms with Crippen LogP contribution >= 0.6 is 0 Å². The van der Waals surface area contributed by atoms with Crippen molar-refractivity contribution in [1.29, 1.82) is 0 Å². The fourth-order valence-electron chi connectivity index (χ4n) is 3.67. The van der Waals surface area contributed by atoms with Gasteiger partial charge in [0.25, 0.3) is 0 Å². The van der Waals surface area contributed by atoms with Crippen LogP contribution in [-0.4, -0.2) is 69.8 Å². The lowest BCUT2D eigenvalue weighted by Gasteiger charge is -2.17. The lowest BCUT2D eigenvalue weighted by molar-refractivity contribution is -0.162. The van der Waals surface area contributed by atoms with Gasteiger partial charge in [-0.1, -0.05) is 48.5 Å². The molecule has 2 aromatic carbocycles. The predicted molar refractivity (Wildman–Crippen MR) is 117 cm³/mol. The smallest absolute Gasteiger partial charge is 0.322 e. The number of benzene rings is 2. The van der Waals surface area contributed by atoms with E-state index >= 15 is 0 Å². The molecule has 1 aliphatic carbocycles. The molecule has 0 heterocycles. The Hall–Kier alpha value is -2.78. The van der Waals surface area contributed by atoms with Gasteiger partial charge in [-0.25, -0.2) is 0 Å². The molecule has 172 valence electrons. The molecule has 0 bridgehead atoms. The number of carboxylic acids is 1. The van der Waals surface area contributed by atoms with Crippen LogP contribution in [0.1, 0.15) is 17.0 Å². The molecular formula is C24H29NO7. The number of hydrogen-bond donors (Lipinski definition) is 2. The molecular weight excluding hydrogens is 414 g/mol. The standard InChI is InChI=1S/C24H29NO7/c25-9-10-29-11-12-30-13-14-31-15-22(23(26)27)24(28)32-16-21-19-7-3-1-5-17(19)18-6-2-4-8-20(18)21/h1-8,21-22H,9-16,25H2,(H,26,27). The molecule has 32 heavy (non-hydrogen) atoms. The van der Waals surface area contributed by atoms with Crippen molar-refractivity contribution in [3.8, 4) is 11.1 Å². The Balaban J connectivity index is 1.47. The SMILES string of the molecule is NCCOCCOCCOCC(C(=O)O)C(=O)OCC1c2ccccc2-c2ccccc21. The van der Waals surface area contributed by atoms with Crippen molar-refractivity contribution < 1.29 is 33.6 Å². The molecule has 1 unspecified atom stereocenters. The highest BCUT2D eigenvalue weighted by molar-refractivity contribution is 5.94. The van der Waals surface area contributed by atoms with E-state index in [0.717, 1.165) is 22.3 Å². The molecule has 2 aromatic rings. The average molecular weight is 443 g/mol. The van der Waals surface area contributed by atoms with Gasteiger partial charge in [0.05, 0.1) is 39.6 Å². The average Bonchev–Trinajstić information content (AvgIpc) is 3.12. The second kappa shape index (κ2) is 12.3. The van der Waals surface area contributed by atoms with E-state index in [9.17, 15) is 14.7 Å². The predicted octanol–water partition coefficient (Wildman–Crippen LogP) is 2.05. The van der Waals surface area contributed by atoms with Gasteiger partial charge in [0.1, 0.15) is 6.61 Å². The summed E-state index contributed by atoms with van der Waals surface area (Å²) in [5, 5.41) is 9.44. The summed E-state index contributed by atoms with van der Waals surface area (Å²) in [6.07, 6.45) is 0. The minimum Gasteiger partial charge on any atom is -0.481 e. The maximum atomic E-state index is 12.5. The van der Waals surface area contributed by atoms with Crippen LogP contribution < -0.4 is 5.73 Å². The number of esters is 1. The first-order valence-electron chi connectivity index (χ1n) is 10.6. The van der Waals surface area contributed by atoms with Gasteiger partial charge in [0.15, 0.2) is 5.92 Å². The Morgan fingerprint density at radius 3 is 1.94 bits per heavy atom. The Kier molecular flexibility index (Phi) is 9.18. The van der Waals surface area contributed by atoms with E-state index in [0.29, 0.717) is 26.4 Å². The molecule has 0 radical (unpaired) electrons. The van der Waals surface area contributed by atoms with Gasteiger partial charge < -0.3 is 29.8 Å². The zero-order chi connectivity index (χ0) is 22.8. The van der Waals surface area contributed by atoms with Gasteiger partial charge in [0.2, 0.25) is 0 Å². The van der Waals surface area contributed by atoms with Crippen LogP contribution in [0.4, 0.5) is 0 Å². The lowest BCUT2D eigenvalue weighted by Crippen LogP contribution is -2.31. The third-order valence-electron chi connectivity index (χ3n) is 5.23. The van der Waals surface area contributed by atoms with Crippen LogP contribution in [-0.2, 0) is 28.5 Å². The second-order valence-corrected chi connectivity index (χ2v) is 7.34. The molecule has 0 fully saturated rings. The van der Waals surface area contributed by atoms with Crippen molar-refractivity contribution in [2.45, 2.75) is 5.92 Å². The van der Waals surface area contributed by atoms with Crippen molar-refractivity contribution in [1.82, 2.24) is 0 Å². The molecule has 0 aromatic heterocycles. The minimum absolute atomic E-state index is 0.0720. The summed E-state index contributed by atoms with van der Waals surface area (Å²) >= 11 is 0. The van der Waals surface area contributed by atoms with Gasteiger partial charge in [-0.05, 0) is 22.3 Å². The lowest BCUT2D eigenvalue weighted by atomic mass is 9.98. The second-order valence-electron chi connectivity index (χ2n) is 7.34. The Bertz CT molecular complexity index is 856. The van der Waals surface area contributed by atoms with Crippen LogP contribution in [0.3, 0.4) is 0 Å². The van der Waals surface area contributed by atoms with Crippen molar-refractivity contribution in [2.24, 2.45) is 11.7 Å². The number of carbonyl (C=O) groups excluding carboxylic acids is 1. The molecule has 8 nitrogen and oxygen atoms in total. The number of carboxylic acid groups (broad SMARTS) is 1. The zero-order valence-corrected chi connectivity index (χ0v) is 17.9. The van der Waals surface area contributed by atoms with Crippen LogP contribution in [0.15, 0.2) is 48.5 Å². The van der Waals surface area contributed by atoms with Gasteiger partial charge in [-0.3, -0.25) is 9.59 Å². The normalized spacial score (nSPS) is 13.4. The number of ether oxygens (including phenoxy) is 4. The van der Waals surface area contributed by atoms with E-state index in [-0.39, 0.29) is 32.3 Å². The molecule has 3 N–H and O–H groups in total. The van der Waals surface area contributed by atoms with E-state index in [1.165, 1.54) is 0 Å². The summed E-state index contributed by atoms with van der Waals surface area (Å²) in [5.74, 6) is -3.61. The highest BCUT2D eigenvalue weighted by Crippen LogP contribution is 2.44. The van der Waals surface area contributed by atoms with Gasteiger partial charge >= 0.3 is 11.9 Å². The number of fused-ring (bicyclic) bond motifs is 3. The first kappa shape index (κ1) is 23.9. The summed E-state index contributed by atoms with van der Waals surface area (Å²) in [6.45, 7) is 1.96. The summed E-state index contributed by atoms with van der Waals surface area (Å²) in [7, 11) is 0. The monoisotopic (exact) mass is 443 g/mol. The number of rotatable bonds is 14. The van der Waals surface area contributed by atoms with Crippen molar-refractivity contribution in [3.63, 3.8) is 0 Å². The van der Waals surface area contributed by atoms with E-state index < -0.39 is 17.9 Å². The highest BCUT2D eigenvalue weighted by Gasteiger charge is 2.32. The number of aliphatic carboxylic acids is 1. The summed E-state index contributed by atoms with van der Waals surface area (Å²) in [6, 6.07) is 15.9. The molecule has 0 saturated carbocycles. The maximum Gasteiger partial charge on any atom is 0.322 e. The largest absolute Gasteiger partial charge is 0.481 e. The first-order valence-corrected chi connectivity index (χ1v) is 10.6. The molecule has 8 heteroatoms. The van der Waals surface area contributed by atoms with Crippen molar-refractivity contribution in [2.75, 3.05) is 52.8 Å². The summed E-state index contributed by atoms with van der Waals surface area (Å²) < 4.78 is 21.2. The fourth-order valence-corrected chi connectivity index (χ4v) is 3.67. The van der Waals surface area contributed by atoms with Crippen LogP contribution in [0.2, 0.25) is 0 Å². The van der Waals surface area contributed by atoms with Crippen LogP contribution in [0.25, 0.3) is 11.1 Å². The number of nitrogens with two attached hydrogens (primary N) is 1. The third kappa shape index (κ3) is 6.14. The van der Waals surface area contributed by atoms with Crippen molar-refractivity contribution in [3.05, 3.63) is 59.7 Å². The molecule has 0 amide bonds.